The third kappa shape index (κ3) is 3.19. The van der Waals surface area contributed by atoms with Gasteiger partial charge in [-0.25, -0.2) is 8.42 Å². The van der Waals surface area contributed by atoms with Crippen LogP contribution in [0.25, 0.3) is 0 Å². The van der Waals surface area contributed by atoms with Crippen molar-refractivity contribution in [1.82, 2.24) is 4.72 Å². The van der Waals surface area contributed by atoms with E-state index in [1.54, 1.807) is 6.92 Å². The second-order valence-corrected chi connectivity index (χ2v) is 4.93. The van der Waals surface area contributed by atoms with Crippen LogP contribution in [0.1, 0.15) is 6.92 Å². The first kappa shape index (κ1) is 14.0. The number of nitro groups is 1. The summed E-state index contributed by atoms with van der Waals surface area (Å²) in [5, 5.41) is 19.8. The minimum Gasteiger partial charge on any atom is -0.502 e. The number of sulfonamides is 1. The average molecular weight is 270 g/mol. The fourth-order valence-corrected chi connectivity index (χ4v) is 2.06. The van der Waals surface area contributed by atoms with E-state index in [2.05, 4.69) is 16.6 Å². The number of nitro benzene ring substituents is 1. The molecule has 1 aromatic carbocycles. The van der Waals surface area contributed by atoms with Crippen molar-refractivity contribution in [1.29, 1.82) is 0 Å². The number of rotatable bonds is 4. The maximum absolute atomic E-state index is 11.7. The molecule has 18 heavy (non-hydrogen) atoms. The van der Waals surface area contributed by atoms with Crippen LogP contribution in [-0.4, -0.2) is 25.0 Å². The zero-order valence-corrected chi connectivity index (χ0v) is 10.2. The molecule has 96 valence electrons. The Hall–Kier alpha value is -2.11. The first-order valence-electron chi connectivity index (χ1n) is 4.75. The molecule has 0 amide bonds. The van der Waals surface area contributed by atoms with Gasteiger partial charge in [-0.15, -0.1) is 5.92 Å². The standard InChI is InChI=1S/C10H10N2O5S/c1-2-3-6-11-18(16,17)8-4-5-10(13)9(7-8)12(14)15/h4-5,7,11,13H,6H2,1H3. The van der Waals surface area contributed by atoms with Gasteiger partial charge in [-0.05, 0) is 19.1 Å². The smallest absolute Gasteiger partial charge is 0.312 e. The molecule has 0 aliphatic carbocycles. The van der Waals surface area contributed by atoms with Crippen molar-refractivity contribution >= 4 is 15.7 Å². The molecule has 0 fully saturated rings. The Labute approximate surface area is 104 Å². The zero-order valence-electron chi connectivity index (χ0n) is 9.37. The van der Waals surface area contributed by atoms with Crippen molar-refractivity contribution in [2.75, 3.05) is 6.54 Å². The minimum atomic E-state index is -3.87. The Balaban J connectivity index is 3.12. The van der Waals surface area contributed by atoms with Crippen LogP contribution in [0.3, 0.4) is 0 Å². The number of benzene rings is 1. The van der Waals surface area contributed by atoms with Gasteiger partial charge < -0.3 is 5.11 Å². The summed E-state index contributed by atoms with van der Waals surface area (Å²) in [4.78, 5) is 9.41. The van der Waals surface area contributed by atoms with E-state index in [9.17, 15) is 23.6 Å². The highest BCUT2D eigenvalue weighted by atomic mass is 32.2. The molecule has 0 aliphatic heterocycles. The second-order valence-electron chi connectivity index (χ2n) is 3.16. The highest BCUT2D eigenvalue weighted by Crippen LogP contribution is 2.27. The third-order valence-electron chi connectivity index (χ3n) is 1.98. The van der Waals surface area contributed by atoms with Gasteiger partial charge in [-0.2, -0.15) is 4.72 Å². The summed E-state index contributed by atoms with van der Waals surface area (Å²) in [6.07, 6.45) is 0. The molecule has 0 heterocycles. The lowest BCUT2D eigenvalue weighted by molar-refractivity contribution is -0.386. The highest BCUT2D eigenvalue weighted by Gasteiger charge is 2.20. The number of phenolic OH excluding ortho intramolecular Hbond substituents is 1. The largest absolute Gasteiger partial charge is 0.502 e. The van der Waals surface area contributed by atoms with Crippen LogP contribution in [0.15, 0.2) is 23.1 Å². The SMILES string of the molecule is CC#CCNS(=O)(=O)c1ccc(O)c([N+](=O)[O-])c1. The molecule has 0 unspecified atom stereocenters. The molecule has 0 aliphatic rings. The maximum atomic E-state index is 11.7. The van der Waals surface area contributed by atoms with E-state index in [0.29, 0.717) is 0 Å². The van der Waals surface area contributed by atoms with Crippen molar-refractivity contribution < 1.29 is 18.4 Å². The van der Waals surface area contributed by atoms with Gasteiger partial charge in [0.2, 0.25) is 10.0 Å². The van der Waals surface area contributed by atoms with Crippen LogP contribution in [-0.2, 0) is 10.0 Å². The predicted molar refractivity (Wildman–Crippen MR) is 63.4 cm³/mol. The van der Waals surface area contributed by atoms with Crippen LogP contribution in [0.5, 0.6) is 5.75 Å². The molecule has 0 radical (unpaired) electrons. The summed E-state index contributed by atoms with van der Waals surface area (Å²) in [7, 11) is -3.87. The van der Waals surface area contributed by atoms with Gasteiger partial charge in [-0.1, -0.05) is 5.92 Å². The maximum Gasteiger partial charge on any atom is 0.312 e. The van der Waals surface area contributed by atoms with Gasteiger partial charge >= 0.3 is 5.69 Å². The number of aromatic hydroxyl groups is 1. The number of hydrogen-bond acceptors (Lipinski definition) is 5. The van der Waals surface area contributed by atoms with Crippen molar-refractivity contribution in [2.45, 2.75) is 11.8 Å². The fourth-order valence-electron chi connectivity index (χ4n) is 1.12. The average Bonchev–Trinajstić information content (AvgIpc) is 2.29. The quantitative estimate of drug-likeness (QED) is 0.473. The molecular formula is C10H10N2O5S. The van der Waals surface area contributed by atoms with Gasteiger partial charge in [-0.3, -0.25) is 10.1 Å². The molecule has 0 bridgehead atoms. The molecule has 1 aromatic rings. The third-order valence-corrected chi connectivity index (χ3v) is 3.38. The minimum absolute atomic E-state index is 0.0898. The summed E-state index contributed by atoms with van der Waals surface area (Å²) in [6, 6.07) is 2.82. The molecule has 2 N–H and O–H groups in total. The second kappa shape index (κ2) is 5.48. The molecule has 1 rings (SSSR count). The van der Waals surface area contributed by atoms with Crippen LogP contribution < -0.4 is 4.72 Å². The number of phenols is 1. The van der Waals surface area contributed by atoms with E-state index >= 15 is 0 Å². The van der Waals surface area contributed by atoms with Crippen LogP contribution in [0, 0.1) is 22.0 Å². The lowest BCUT2D eigenvalue weighted by atomic mass is 10.3. The number of hydrogen-bond donors (Lipinski definition) is 2. The van der Waals surface area contributed by atoms with E-state index in [0.717, 1.165) is 18.2 Å². The van der Waals surface area contributed by atoms with Gasteiger partial charge in [0.25, 0.3) is 0 Å². The predicted octanol–water partition coefficient (Wildman–Crippen LogP) is 0.602. The normalized spacial score (nSPS) is 10.5. The Bertz CT molecular complexity index is 627. The van der Waals surface area contributed by atoms with Gasteiger partial charge in [0.05, 0.1) is 16.4 Å². The van der Waals surface area contributed by atoms with Gasteiger partial charge in [0.1, 0.15) is 0 Å². The van der Waals surface area contributed by atoms with E-state index < -0.39 is 26.4 Å². The summed E-state index contributed by atoms with van der Waals surface area (Å²) >= 11 is 0. The van der Waals surface area contributed by atoms with Crippen molar-refractivity contribution in [2.24, 2.45) is 0 Å². The highest BCUT2D eigenvalue weighted by molar-refractivity contribution is 7.89. The van der Waals surface area contributed by atoms with Crippen LogP contribution >= 0.6 is 0 Å². The fraction of sp³-hybridized carbons (Fsp3) is 0.200. The van der Waals surface area contributed by atoms with Crippen LogP contribution in [0.2, 0.25) is 0 Å². The van der Waals surface area contributed by atoms with Crippen molar-refractivity contribution in [3.8, 4) is 17.6 Å². The van der Waals surface area contributed by atoms with Crippen LogP contribution in [0.4, 0.5) is 5.69 Å². The lowest BCUT2D eigenvalue weighted by Gasteiger charge is -2.04. The number of nitrogens with one attached hydrogen (secondary N) is 1. The Morgan fingerprint density at radius 2 is 2.17 bits per heavy atom. The molecule has 8 heteroatoms. The molecular weight excluding hydrogens is 260 g/mol. The Morgan fingerprint density at radius 1 is 1.50 bits per heavy atom. The van der Waals surface area contributed by atoms with E-state index in [-0.39, 0.29) is 11.4 Å². The molecule has 0 atom stereocenters. The summed E-state index contributed by atoms with van der Waals surface area (Å²) in [5.74, 6) is 4.41. The first-order valence-corrected chi connectivity index (χ1v) is 6.23. The summed E-state index contributed by atoms with van der Waals surface area (Å²) in [6.45, 7) is 1.47. The molecule has 0 saturated carbocycles. The van der Waals surface area contributed by atoms with Gasteiger partial charge in [0, 0.05) is 6.07 Å². The monoisotopic (exact) mass is 270 g/mol. The molecule has 7 nitrogen and oxygen atoms in total. The van der Waals surface area contributed by atoms with E-state index in [1.807, 2.05) is 0 Å². The first-order chi connectivity index (χ1) is 8.38. The van der Waals surface area contributed by atoms with Crippen molar-refractivity contribution in [3.63, 3.8) is 0 Å². The topological polar surface area (TPSA) is 110 Å². The Kier molecular flexibility index (Phi) is 4.25. The summed E-state index contributed by atoms with van der Waals surface area (Å²) < 4.78 is 25.6. The molecule has 0 aromatic heterocycles. The van der Waals surface area contributed by atoms with Gasteiger partial charge in [0.15, 0.2) is 5.75 Å². The van der Waals surface area contributed by atoms with E-state index in [1.165, 1.54) is 0 Å². The zero-order chi connectivity index (χ0) is 13.8. The van der Waals surface area contributed by atoms with E-state index in [4.69, 9.17) is 0 Å². The molecule has 0 saturated heterocycles. The Morgan fingerprint density at radius 3 is 2.72 bits per heavy atom. The lowest BCUT2D eigenvalue weighted by Crippen LogP contribution is -2.24. The molecule has 0 spiro atoms. The van der Waals surface area contributed by atoms with Crippen molar-refractivity contribution in [3.05, 3.63) is 28.3 Å². The number of nitrogens with zero attached hydrogens (tertiary/aromatic N) is 1. The summed E-state index contributed by atoms with van der Waals surface area (Å²) in [5.41, 5.74) is -0.667.